The van der Waals surface area contributed by atoms with Crippen LogP contribution >= 0.6 is 11.6 Å². The van der Waals surface area contributed by atoms with Crippen LogP contribution in [0.2, 0.25) is 5.02 Å². The smallest absolute Gasteiger partial charge is 0.277 e. The third-order valence-electron chi connectivity index (χ3n) is 5.27. The Hall–Kier alpha value is -1.15. The Morgan fingerprint density at radius 1 is 1.27 bits per heavy atom. The summed E-state index contributed by atoms with van der Waals surface area (Å²) in [5.41, 5.74) is 0. The molecule has 8 heteroatoms. The summed E-state index contributed by atoms with van der Waals surface area (Å²) in [6.07, 6.45) is 2.27. The lowest BCUT2D eigenvalue weighted by atomic mass is 10.0. The maximum Gasteiger partial charge on any atom is 0.277 e. The second kappa shape index (κ2) is 8.25. The lowest BCUT2D eigenvalue weighted by Crippen LogP contribution is -3.15. The molecular formula is C18H27ClN3O3S+. The minimum atomic E-state index is -3.52. The fourth-order valence-electron chi connectivity index (χ4n) is 3.74. The molecule has 2 aliphatic rings. The molecule has 0 bridgehead atoms. The average molecular weight is 401 g/mol. The molecule has 1 aromatic carbocycles. The third kappa shape index (κ3) is 4.57. The molecule has 0 aromatic heterocycles. The first-order chi connectivity index (χ1) is 12.4. The van der Waals surface area contributed by atoms with Gasteiger partial charge in [0.25, 0.3) is 5.91 Å². The maximum absolute atomic E-state index is 12.7. The zero-order chi connectivity index (χ0) is 18.7. The Morgan fingerprint density at radius 2 is 2.00 bits per heavy atom. The van der Waals surface area contributed by atoms with Gasteiger partial charge in [0.15, 0.2) is 6.54 Å². The molecule has 2 heterocycles. The van der Waals surface area contributed by atoms with Crippen molar-refractivity contribution < 1.29 is 18.1 Å². The fourth-order valence-corrected chi connectivity index (χ4v) is 5.48. The molecule has 3 rings (SSSR count). The molecule has 144 valence electrons. The van der Waals surface area contributed by atoms with Crippen LogP contribution < -0.4 is 4.90 Å². The van der Waals surface area contributed by atoms with E-state index in [1.54, 1.807) is 18.2 Å². The van der Waals surface area contributed by atoms with Crippen LogP contribution in [0.5, 0.6) is 0 Å². The van der Waals surface area contributed by atoms with Gasteiger partial charge in [-0.2, -0.15) is 4.31 Å². The van der Waals surface area contributed by atoms with Gasteiger partial charge in [0.2, 0.25) is 10.0 Å². The van der Waals surface area contributed by atoms with E-state index in [-0.39, 0.29) is 10.8 Å². The second-order valence-corrected chi connectivity index (χ2v) is 9.75. The predicted octanol–water partition coefficient (Wildman–Crippen LogP) is 0.488. The zero-order valence-corrected chi connectivity index (χ0v) is 16.7. The van der Waals surface area contributed by atoms with Crippen molar-refractivity contribution in [3.8, 4) is 0 Å². The second-order valence-electron chi connectivity index (χ2n) is 7.38. The van der Waals surface area contributed by atoms with Gasteiger partial charge in [0, 0.05) is 18.1 Å². The minimum Gasteiger partial charge on any atom is -0.338 e. The van der Waals surface area contributed by atoms with E-state index in [0.29, 0.717) is 43.7 Å². The van der Waals surface area contributed by atoms with Crippen LogP contribution in [0.4, 0.5) is 0 Å². The van der Waals surface area contributed by atoms with Crippen molar-refractivity contribution in [2.75, 3.05) is 45.8 Å². The summed E-state index contributed by atoms with van der Waals surface area (Å²) in [4.78, 5) is 15.9. The van der Waals surface area contributed by atoms with E-state index < -0.39 is 10.0 Å². The van der Waals surface area contributed by atoms with E-state index in [4.69, 9.17) is 11.6 Å². The van der Waals surface area contributed by atoms with Gasteiger partial charge in [0.05, 0.1) is 31.1 Å². The number of nitrogens with one attached hydrogen (secondary N) is 1. The molecule has 0 aliphatic carbocycles. The number of benzene rings is 1. The van der Waals surface area contributed by atoms with E-state index in [1.165, 1.54) is 16.8 Å². The summed E-state index contributed by atoms with van der Waals surface area (Å²) in [5, 5.41) is 0.414. The number of hydrogen-bond donors (Lipinski definition) is 1. The van der Waals surface area contributed by atoms with Gasteiger partial charge >= 0.3 is 0 Å². The molecule has 1 aromatic rings. The van der Waals surface area contributed by atoms with E-state index in [1.807, 2.05) is 4.90 Å². The highest BCUT2D eigenvalue weighted by Crippen LogP contribution is 2.19. The molecule has 2 saturated heterocycles. The van der Waals surface area contributed by atoms with E-state index >= 15 is 0 Å². The first-order valence-electron chi connectivity index (χ1n) is 9.23. The van der Waals surface area contributed by atoms with Crippen molar-refractivity contribution in [3.63, 3.8) is 0 Å². The molecule has 2 fully saturated rings. The first kappa shape index (κ1) is 19.6. The normalized spacial score (nSPS) is 23.2. The summed E-state index contributed by atoms with van der Waals surface area (Å²) in [6.45, 7) is 6.49. The summed E-state index contributed by atoms with van der Waals surface area (Å²) in [7, 11) is -3.52. The molecule has 6 nitrogen and oxygen atoms in total. The molecular weight excluding hydrogens is 374 g/mol. The lowest BCUT2D eigenvalue weighted by molar-refractivity contribution is -0.896. The summed E-state index contributed by atoms with van der Waals surface area (Å²) in [5.74, 6) is 0.764. The summed E-state index contributed by atoms with van der Waals surface area (Å²) >= 11 is 5.93. The SMILES string of the molecule is C[C@@H]1CCCN(C(=O)C[NH+]2CCN(S(=O)(=O)c3cccc(Cl)c3)CC2)C1. The van der Waals surface area contributed by atoms with Gasteiger partial charge < -0.3 is 9.80 Å². The van der Waals surface area contributed by atoms with Gasteiger partial charge in [-0.1, -0.05) is 24.6 Å². The van der Waals surface area contributed by atoms with Crippen LogP contribution in [-0.2, 0) is 14.8 Å². The number of rotatable bonds is 4. The van der Waals surface area contributed by atoms with Crippen LogP contribution in [0.1, 0.15) is 19.8 Å². The van der Waals surface area contributed by atoms with Gasteiger partial charge in [-0.3, -0.25) is 4.79 Å². The minimum absolute atomic E-state index is 0.192. The molecule has 26 heavy (non-hydrogen) atoms. The number of nitrogens with zero attached hydrogens (tertiary/aromatic N) is 2. The Kier molecular flexibility index (Phi) is 6.22. The molecule has 1 N–H and O–H groups in total. The topological polar surface area (TPSA) is 62.1 Å². The van der Waals surface area contributed by atoms with E-state index in [2.05, 4.69) is 6.92 Å². The van der Waals surface area contributed by atoms with E-state index in [9.17, 15) is 13.2 Å². The Balaban J connectivity index is 1.55. The lowest BCUT2D eigenvalue weighted by Gasteiger charge is -2.34. The number of hydrogen-bond acceptors (Lipinski definition) is 3. The van der Waals surface area contributed by atoms with Crippen LogP contribution in [0, 0.1) is 5.92 Å². The molecule has 0 spiro atoms. The molecule has 0 radical (unpaired) electrons. The van der Waals surface area contributed by atoms with Crippen molar-refractivity contribution >= 4 is 27.5 Å². The number of carbonyl (C=O) groups is 1. The summed E-state index contributed by atoms with van der Waals surface area (Å²) in [6, 6.07) is 6.36. The Morgan fingerprint density at radius 3 is 2.65 bits per heavy atom. The molecule has 1 atom stereocenters. The van der Waals surface area contributed by atoms with Crippen molar-refractivity contribution in [2.45, 2.75) is 24.7 Å². The van der Waals surface area contributed by atoms with Crippen molar-refractivity contribution in [1.29, 1.82) is 0 Å². The fraction of sp³-hybridized carbons (Fsp3) is 0.611. The van der Waals surface area contributed by atoms with E-state index in [0.717, 1.165) is 24.4 Å². The monoisotopic (exact) mass is 400 g/mol. The maximum atomic E-state index is 12.7. The Bertz CT molecular complexity index is 748. The standard InChI is InChI=1S/C18H26ClN3O3S/c1-15-4-3-7-21(13-15)18(23)14-20-8-10-22(11-9-20)26(24,25)17-6-2-5-16(19)12-17/h2,5-6,12,15H,3-4,7-11,13-14H2,1H3/p+1/t15-/m1/s1. The number of sulfonamides is 1. The van der Waals surface area contributed by atoms with Crippen LogP contribution in [0.25, 0.3) is 0 Å². The molecule has 1 amide bonds. The quantitative estimate of drug-likeness (QED) is 0.800. The predicted molar refractivity (Wildman–Crippen MR) is 101 cm³/mol. The number of quaternary nitrogens is 1. The number of piperidine rings is 1. The average Bonchev–Trinajstić information content (AvgIpc) is 2.62. The highest BCUT2D eigenvalue weighted by Gasteiger charge is 2.32. The number of likely N-dealkylation sites (tertiary alicyclic amines) is 1. The molecule has 0 saturated carbocycles. The largest absolute Gasteiger partial charge is 0.338 e. The highest BCUT2D eigenvalue weighted by molar-refractivity contribution is 7.89. The van der Waals surface area contributed by atoms with Crippen LogP contribution in [-0.4, -0.2) is 69.3 Å². The zero-order valence-electron chi connectivity index (χ0n) is 15.2. The summed E-state index contributed by atoms with van der Waals surface area (Å²) < 4.78 is 27.0. The number of amides is 1. The van der Waals surface area contributed by atoms with Crippen molar-refractivity contribution in [3.05, 3.63) is 29.3 Å². The first-order valence-corrected chi connectivity index (χ1v) is 11.0. The molecule has 0 unspecified atom stereocenters. The third-order valence-corrected chi connectivity index (χ3v) is 7.40. The number of halogens is 1. The highest BCUT2D eigenvalue weighted by atomic mass is 35.5. The number of carbonyl (C=O) groups excluding carboxylic acids is 1. The van der Waals surface area contributed by atoms with Gasteiger partial charge in [-0.25, -0.2) is 8.42 Å². The van der Waals surface area contributed by atoms with Gasteiger partial charge in [0.1, 0.15) is 0 Å². The van der Waals surface area contributed by atoms with Crippen LogP contribution in [0.15, 0.2) is 29.2 Å². The van der Waals surface area contributed by atoms with Crippen molar-refractivity contribution in [1.82, 2.24) is 9.21 Å². The van der Waals surface area contributed by atoms with Gasteiger partial charge in [-0.05, 0) is 37.0 Å². The van der Waals surface area contributed by atoms with Crippen LogP contribution in [0.3, 0.4) is 0 Å². The van der Waals surface area contributed by atoms with Crippen molar-refractivity contribution in [2.24, 2.45) is 5.92 Å². The Labute approximate surface area is 160 Å². The number of piperazine rings is 1. The molecule has 2 aliphatic heterocycles. The van der Waals surface area contributed by atoms with Gasteiger partial charge in [-0.15, -0.1) is 0 Å².